The van der Waals surface area contributed by atoms with E-state index in [1.54, 1.807) is 0 Å². The van der Waals surface area contributed by atoms with Crippen molar-refractivity contribution in [3.8, 4) is 5.75 Å². The van der Waals surface area contributed by atoms with Crippen molar-refractivity contribution in [2.75, 3.05) is 26.2 Å². The summed E-state index contributed by atoms with van der Waals surface area (Å²) in [5.41, 5.74) is 3.74. The SMILES string of the molecule is CC(=Cc1ccc(OCCN2CCCC2)cc1)c1ccccc1. The van der Waals surface area contributed by atoms with Crippen molar-refractivity contribution in [2.45, 2.75) is 19.8 Å². The van der Waals surface area contributed by atoms with Crippen LogP contribution in [0.3, 0.4) is 0 Å². The van der Waals surface area contributed by atoms with Crippen LogP contribution in [-0.4, -0.2) is 31.1 Å². The maximum atomic E-state index is 5.85. The first-order valence-corrected chi connectivity index (χ1v) is 8.50. The molecule has 1 fully saturated rings. The molecule has 120 valence electrons. The Morgan fingerprint density at radius 1 is 1.00 bits per heavy atom. The molecule has 1 saturated heterocycles. The summed E-state index contributed by atoms with van der Waals surface area (Å²) in [6, 6.07) is 18.8. The summed E-state index contributed by atoms with van der Waals surface area (Å²) in [5, 5.41) is 0. The lowest BCUT2D eigenvalue weighted by Gasteiger charge is -2.14. The first kappa shape index (κ1) is 15.8. The number of hydrogen-bond donors (Lipinski definition) is 0. The third kappa shape index (κ3) is 4.70. The Morgan fingerprint density at radius 3 is 2.39 bits per heavy atom. The van der Waals surface area contributed by atoms with E-state index >= 15 is 0 Å². The van der Waals surface area contributed by atoms with Gasteiger partial charge in [0.15, 0.2) is 0 Å². The van der Waals surface area contributed by atoms with E-state index in [9.17, 15) is 0 Å². The van der Waals surface area contributed by atoms with Gasteiger partial charge in [0.1, 0.15) is 12.4 Å². The predicted molar refractivity (Wildman–Crippen MR) is 97.6 cm³/mol. The zero-order valence-electron chi connectivity index (χ0n) is 13.9. The molecular weight excluding hydrogens is 282 g/mol. The number of hydrogen-bond acceptors (Lipinski definition) is 2. The fourth-order valence-corrected chi connectivity index (χ4v) is 2.99. The van der Waals surface area contributed by atoms with Crippen molar-refractivity contribution in [3.05, 3.63) is 65.7 Å². The van der Waals surface area contributed by atoms with Crippen LogP contribution in [0.5, 0.6) is 5.75 Å². The third-order valence-corrected chi connectivity index (χ3v) is 4.37. The van der Waals surface area contributed by atoms with Crippen molar-refractivity contribution >= 4 is 11.6 Å². The highest BCUT2D eigenvalue weighted by atomic mass is 16.5. The molecule has 2 aromatic rings. The van der Waals surface area contributed by atoms with Gasteiger partial charge in [-0.3, -0.25) is 4.90 Å². The molecule has 0 saturated carbocycles. The molecule has 3 rings (SSSR count). The lowest BCUT2D eigenvalue weighted by molar-refractivity contribution is 0.238. The molecule has 0 radical (unpaired) electrons. The summed E-state index contributed by atoms with van der Waals surface area (Å²) in [7, 11) is 0. The second kappa shape index (κ2) is 7.98. The summed E-state index contributed by atoms with van der Waals surface area (Å²) in [6.45, 7) is 6.42. The number of allylic oxidation sites excluding steroid dienone is 1. The van der Waals surface area contributed by atoms with Crippen LogP contribution in [0.25, 0.3) is 11.6 Å². The molecule has 0 aliphatic carbocycles. The third-order valence-electron chi connectivity index (χ3n) is 4.37. The van der Waals surface area contributed by atoms with Gasteiger partial charge < -0.3 is 4.74 Å². The highest BCUT2D eigenvalue weighted by Gasteiger charge is 2.10. The standard InChI is InChI=1S/C21H25NO/c1-18(20-7-3-2-4-8-20)17-19-9-11-21(12-10-19)23-16-15-22-13-5-6-14-22/h2-4,7-12,17H,5-6,13-16H2,1H3. The maximum Gasteiger partial charge on any atom is 0.119 e. The molecule has 2 nitrogen and oxygen atoms in total. The normalized spacial score (nSPS) is 15.8. The lowest BCUT2D eigenvalue weighted by Crippen LogP contribution is -2.25. The van der Waals surface area contributed by atoms with Gasteiger partial charge in [0.2, 0.25) is 0 Å². The van der Waals surface area contributed by atoms with E-state index in [2.05, 4.69) is 66.4 Å². The Labute approximate surface area is 139 Å². The quantitative estimate of drug-likeness (QED) is 0.716. The smallest absolute Gasteiger partial charge is 0.119 e. The molecule has 0 aromatic heterocycles. The first-order valence-electron chi connectivity index (χ1n) is 8.50. The predicted octanol–water partition coefficient (Wildman–Crippen LogP) is 4.72. The topological polar surface area (TPSA) is 12.5 Å². The first-order chi connectivity index (χ1) is 11.3. The zero-order chi connectivity index (χ0) is 15.9. The summed E-state index contributed by atoms with van der Waals surface area (Å²) in [4.78, 5) is 2.47. The molecule has 0 spiro atoms. The van der Waals surface area contributed by atoms with Crippen LogP contribution < -0.4 is 4.74 Å². The maximum absolute atomic E-state index is 5.85. The number of benzene rings is 2. The Morgan fingerprint density at radius 2 is 1.70 bits per heavy atom. The molecule has 2 aromatic carbocycles. The fourth-order valence-electron chi connectivity index (χ4n) is 2.99. The van der Waals surface area contributed by atoms with Crippen molar-refractivity contribution in [2.24, 2.45) is 0 Å². The highest BCUT2D eigenvalue weighted by Crippen LogP contribution is 2.19. The van der Waals surface area contributed by atoms with Gasteiger partial charge in [-0.25, -0.2) is 0 Å². The van der Waals surface area contributed by atoms with Crippen LogP contribution in [-0.2, 0) is 0 Å². The van der Waals surface area contributed by atoms with Crippen LogP contribution in [0, 0.1) is 0 Å². The van der Waals surface area contributed by atoms with Crippen LogP contribution in [0.4, 0.5) is 0 Å². The van der Waals surface area contributed by atoms with E-state index in [0.29, 0.717) is 0 Å². The van der Waals surface area contributed by atoms with Crippen molar-refractivity contribution in [3.63, 3.8) is 0 Å². The summed E-state index contributed by atoms with van der Waals surface area (Å²) < 4.78 is 5.85. The second-order valence-electron chi connectivity index (χ2n) is 6.16. The Kier molecular flexibility index (Phi) is 5.49. The van der Waals surface area contributed by atoms with E-state index in [1.807, 2.05) is 6.07 Å². The molecule has 0 N–H and O–H groups in total. The second-order valence-corrected chi connectivity index (χ2v) is 6.16. The van der Waals surface area contributed by atoms with Gasteiger partial charge in [-0.1, -0.05) is 48.5 Å². The van der Waals surface area contributed by atoms with Crippen molar-refractivity contribution in [1.29, 1.82) is 0 Å². The zero-order valence-corrected chi connectivity index (χ0v) is 13.9. The number of rotatable bonds is 6. The van der Waals surface area contributed by atoms with Crippen molar-refractivity contribution in [1.82, 2.24) is 4.90 Å². The van der Waals surface area contributed by atoms with Gasteiger partial charge in [-0.05, 0) is 61.7 Å². The average molecular weight is 307 g/mol. The summed E-state index contributed by atoms with van der Waals surface area (Å²) >= 11 is 0. The van der Waals surface area contributed by atoms with Crippen LogP contribution in [0.1, 0.15) is 30.9 Å². The van der Waals surface area contributed by atoms with E-state index in [4.69, 9.17) is 4.74 Å². The molecular formula is C21H25NO. The van der Waals surface area contributed by atoms with Crippen LogP contribution in [0.2, 0.25) is 0 Å². The molecule has 0 unspecified atom stereocenters. The highest BCUT2D eigenvalue weighted by molar-refractivity contribution is 5.80. The Hall–Kier alpha value is -2.06. The molecule has 0 amide bonds. The van der Waals surface area contributed by atoms with E-state index in [1.165, 1.54) is 42.6 Å². The minimum absolute atomic E-state index is 0.776. The van der Waals surface area contributed by atoms with Gasteiger partial charge in [0, 0.05) is 6.54 Å². The van der Waals surface area contributed by atoms with Crippen molar-refractivity contribution < 1.29 is 4.74 Å². The van der Waals surface area contributed by atoms with Gasteiger partial charge in [0.05, 0.1) is 0 Å². The van der Waals surface area contributed by atoms with Crippen LogP contribution in [0.15, 0.2) is 54.6 Å². The van der Waals surface area contributed by atoms with Gasteiger partial charge in [-0.2, -0.15) is 0 Å². The minimum atomic E-state index is 0.776. The molecule has 0 atom stereocenters. The average Bonchev–Trinajstić information content (AvgIpc) is 3.11. The molecule has 2 heteroatoms. The molecule has 1 aliphatic rings. The van der Waals surface area contributed by atoms with Gasteiger partial charge >= 0.3 is 0 Å². The monoisotopic (exact) mass is 307 g/mol. The van der Waals surface area contributed by atoms with E-state index in [0.717, 1.165) is 18.9 Å². The fraction of sp³-hybridized carbons (Fsp3) is 0.333. The number of nitrogens with zero attached hydrogens (tertiary/aromatic N) is 1. The molecule has 0 bridgehead atoms. The van der Waals surface area contributed by atoms with Crippen LogP contribution >= 0.6 is 0 Å². The van der Waals surface area contributed by atoms with Gasteiger partial charge in [-0.15, -0.1) is 0 Å². The Balaban J connectivity index is 1.54. The summed E-state index contributed by atoms with van der Waals surface area (Å²) in [6.07, 6.45) is 4.88. The molecule has 23 heavy (non-hydrogen) atoms. The van der Waals surface area contributed by atoms with E-state index in [-0.39, 0.29) is 0 Å². The number of ether oxygens (including phenoxy) is 1. The lowest BCUT2D eigenvalue weighted by atomic mass is 10.0. The summed E-state index contributed by atoms with van der Waals surface area (Å²) in [5.74, 6) is 0.957. The number of likely N-dealkylation sites (tertiary alicyclic amines) is 1. The Bertz CT molecular complexity index is 625. The van der Waals surface area contributed by atoms with E-state index < -0.39 is 0 Å². The molecule has 1 heterocycles. The minimum Gasteiger partial charge on any atom is -0.492 e. The largest absolute Gasteiger partial charge is 0.492 e. The van der Waals surface area contributed by atoms with Gasteiger partial charge in [0.25, 0.3) is 0 Å². The molecule has 1 aliphatic heterocycles.